The van der Waals surface area contributed by atoms with E-state index < -0.39 is 0 Å². The summed E-state index contributed by atoms with van der Waals surface area (Å²) in [5.74, 6) is 0. The van der Waals surface area contributed by atoms with Gasteiger partial charge in [0, 0.05) is 23.7 Å². The minimum absolute atomic E-state index is 0.297. The maximum absolute atomic E-state index is 11.8. The molecule has 0 aliphatic heterocycles. The number of carbonyl (C=O) groups excluding carboxylic acids is 2. The zero-order chi connectivity index (χ0) is 16.4. The Bertz CT molecular complexity index is 589. The van der Waals surface area contributed by atoms with Crippen LogP contribution in [0.4, 0.5) is 10.5 Å². The maximum Gasteiger partial charge on any atom is 0.319 e. The lowest BCUT2D eigenvalue weighted by atomic mass is 10.1. The number of hydrogen-bond donors (Lipinski definition) is 2. The zero-order valence-electron chi connectivity index (χ0n) is 12.4. The highest BCUT2D eigenvalue weighted by atomic mass is 35.5. The smallest absolute Gasteiger partial charge is 0.319 e. The van der Waals surface area contributed by atoms with Crippen molar-refractivity contribution < 1.29 is 9.59 Å². The summed E-state index contributed by atoms with van der Waals surface area (Å²) in [6.45, 7) is 5.85. The van der Waals surface area contributed by atoms with Crippen LogP contribution in [-0.4, -0.2) is 18.9 Å². The molecule has 2 amide bonds. The van der Waals surface area contributed by atoms with Crippen LogP contribution in [0.15, 0.2) is 59.7 Å². The predicted octanol–water partition coefficient (Wildman–Crippen LogP) is 3.80. The first-order valence-electron chi connectivity index (χ1n) is 6.78. The molecule has 0 spiro atoms. The first kappa shape index (κ1) is 17.7. The first-order valence-corrected chi connectivity index (χ1v) is 7.15. The van der Waals surface area contributed by atoms with Crippen molar-refractivity contribution in [1.82, 2.24) is 5.32 Å². The van der Waals surface area contributed by atoms with Gasteiger partial charge in [-0.1, -0.05) is 48.0 Å². The number of allylic oxidation sites excluding steroid dienone is 4. The summed E-state index contributed by atoms with van der Waals surface area (Å²) in [7, 11) is 0. The number of nitrogens with one attached hydrogen (secondary N) is 2. The minimum atomic E-state index is -0.297. The van der Waals surface area contributed by atoms with Gasteiger partial charge in [0.1, 0.15) is 6.29 Å². The lowest BCUT2D eigenvalue weighted by Crippen LogP contribution is -2.29. The van der Waals surface area contributed by atoms with Crippen LogP contribution in [0, 0.1) is 0 Å². The highest BCUT2D eigenvalue weighted by Crippen LogP contribution is 2.09. The number of hydrogen-bond acceptors (Lipinski definition) is 2. The second kappa shape index (κ2) is 9.58. The lowest BCUT2D eigenvalue weighted by Gasteiger charge is -2.08. The molecule has 2 N–H and O–H groups in total. The first-order chi connectivity index (χ1) is 10.5. The van der Waals surface area contributed by atoms with Gasteiger partial charge < -0.3 is 15.4 Å². The third-order valence-corrected chi connectivity index (χ3v) is 3.06. The van der Waals surface area contributed by atoms with Crippen LogP contribution in [0.2, 0.25) is 0 Å². The van der Waals surface area contributed by atoms with Gasteiger partial charge in [-0.15, -0.1) is 0 Å². The second-order valence-electron chi connectivity index (χ2n) is 4.64. The number of rotatable bonds is 7. The Balaban J connectivity index is 2.46. The molecule has 0 unspecified atom stereocenters. The number of aldehydes is 1. The maximum atomic E-state index is 11.8. The number of urea groups is 1. The minimum Gasteiger partial charge on any atom is -0.334 e. The summed E-state index contributed by atoms with van der Waals surface area (Å²) in [5.41, 5.74) is 2.53. The third kappa shape index (κ3) is 6.90. The number of carbonyl (C=O) groups is 2. The van der Waals surface area contributed by atoms with Crippen LogP contribution in [-0.2, 0) is 11.2 Å². The Kier molecular flexibility index (Phi) is 7.72. The summed E-state index contributed by atoms with van der Waals surface area (Å²) < 4.78 is 0. The van der Waals surface area contributed by atoms with Crippen LogP contribution in [0.25, 0.3) is 0 Å². The van der Waals surface area contributed by atoms with Gasteiger partial charge in [-0.3, -0.25) is 0 Å². The van der Waals surface area contributed by atoms with Crippen molar-refractivity contribution in [2.45, 2.75) is 13.3 Å². The molecule has 0 aliphatic carbocycles. The Labute approximate surface area is 135 Å². The highest BCUT2D eigenvalue weighted by molar-refractivity contribution is 6.31. The van der Waals surface area contributed by atoms with Crippen LogP contribution in [0.3, 0.4) is 0 Å². The van der Waals surface area contributed by atoms with Gasteiger partial charge in [-0.2, -0.15) is 0 Å². The molecule has 116 valence electrons. The van der Waals surface area contributed by atoms with Crippen molar-refractivity contribution in [3.8, 4) is 0 Å². The van der Waals surface area contributed by atoms with Crippen molar-refractivity contribution in [2.75, 3.05) is 11.9 Å². The average Bonchev–Trinajstić information content (AvgIpc) is 2.52. The van der Waals surface area contributed by atoms with E-state index in [4.69, 9.17) is 11.6 Å². The van der Waals surface area contributed by atoms with Gasteiger partial charge in [0.25, 0.3) is 0 Å². The van der Waals surface area contributed by atoms with E-state index in [1.807, 2.05) is 13.0 Å². The highest BCUT2D eigenvalue weighted by Gasteiger charge is 2.01. The van der Waals surface area contributed by atoms with Gasteiger partial charge in [-0.05, 0) is 30.7 Å². The molecule has 0 fully saturated rings. The fourth-order valence-electron chi connectivity index (χ4n) is 1.56. The monoisotopic (exact) mass is 318 g/mol. The van der Waals surface area contributed by atoms with E-state index in [9.17, 15) is 9.59 Å². The van der Waals surface area contributed by atoms with Crippen LogP contribution in [0.5, 0.6) is 0 Å². The SMILES string of the molecule is C=C/C(Cl)=C\C=C(/C)CNC(=O)Nc1ccc(CC=O)cc1. The summed E-state index contributed by atoms with van der Waals surface area (Å²) in [5, 5.41) is 6.00. The molecule has 1 rings (SSSR count). The van der Waals surface area contributed by atoms with Crippen molar-refractivity contribution in [3.05, 3.63) is 65.2 Å². The van der Waals surface area contributed by atoms with Crippen molar-refractivity contribution in [3.63, 3.8) is 0 Å². The van der Waals surface area contributed by atoms with Crippen molar-refractivity contribution in [1.29, 1.82) is 0 Å². The lowest BCUT2D eigenvalue weighted by molar-refractivity contribution is -0.107. The predicted molar refractivity (Wildman–Crippen MR) is 91.1 cm³/mol. The second-order valence-corrected chi connectivity index (χ2v) is 5.08. The molecule has 1 aromatic carbocycles. The third-order valence-electron chi connectivity index (χ3n) is 2.78. The van der Waals surface area contributed by atoms with Gasteiger partial charge in [0.2, 0.25) is 0 Å². The van der Waals surface area contributed by atoms with Crippen LogP contribution >= 0.6 is 11.6 Å². The molecule has 0 saturated heterocycles. The Morgan fingerprint density at radius 3 is 2.55 bits per heavy atom. The van der Waals surface area contributed by atoms with Crippen molar-refractivity contribution >= 4 is 29.6 Å². The standard InChI is InChI=1S/C17H19ClN2O2/c1-3-15(18)7-4-13(2)12-19-17(22)20-16-8-5-14(6-9-16)10-11-21/h3-9,11H,1,10,12H2,2H3,(H2,19,20,22)/b13-4+,15-7+. The molecule has 4 nitrogen and oxygen atoms in total. The molecule has 0 aromatic heterocycles. The number of amides is 2. The molecule has 0 saturated carbocycles. The topological polar surface area (TPSA) is 58.2 Å². The van der Waals surface area contributed by atoms with E-state index in [0.29, 0.717) is 23.7 Å². The number of anilines is 1. The molecular formula is C17H19ClN2O2. The van der Waals surface area contributed by atoms with Crippen LogP contribution in [0.1, 0.15) is 12.5 Å². The van der Waals surface area contributed by atoms with E-state index in [1.54, 1.807) is 36.4 Å². The Morgan fingerprint density at radius 2 is 1.95 bits per heavy atom. The van der Waals surface area contributed by atoms with Gasteiger partial charge in [-0.25, -0.2) is 4.79 Å². The van der Waals surface area contributed by atoms with E-state index in [2.05, 4.69) is 17.2 Å². The van der Waals surface area contributed by atoms with E-state index in [-0.39, 0.29) is 6.03 Å². The Hall–Kier alpha value is -2.33. The van der Waals surface area contributed by atoms with Crippen molar-refractivity contribution in [2.24, 2.45) is 0 Å². The van der Waals surface area contributed by atoms with Gasteiger partial charge >= 0.3 is 6.03 Å². The van der Waals surface area contributed by atoms with E-state index in [1.165, 1.54) is 0 Å². The van der Waals surface area contributed by atoms with Crippen LogP contribution < -0.4 is 10.6 Å². The largest absolute Gasteiger partial charge is 0.334 e. The Morgan fingerprint density at radius 1 is 1.27 bits per heavy atom. The molecular weight excluding hydrogens is 300 g/mol. The van der Waals surface area contributed by atoms with E-state index >= 15 is 0 Å². The molecule has 22 heavy (non-hydrogen) atoms. The molecule has 0 bridgehead atoms. The summed E-state index contributed by atoms with van der Waals surface area (Å²) in [4.78, 5) is 22.2. The molecule has 0 heterocycles. The molecule has 0 atom stereocenters. The quantitative estimate of drug-likeness (QED) is 0.593. The molecule has 0 radical (unpaired) electrons. The summed E-state index contributed by atoms with van der Waals surface area (Å²) >= 11 is 5.79. The molecule has 0 aliphatic rings. The molecule has 5 heteroatoms. The normalized spacial score (nSPS) is 11.7. The molecule has 1 aromatic rings. The summed E-state index contributed by atoms with van der Waals surface area (Å²) in [6, 6.07) is 6.82. The van der Waals surface area contributed by atoms with Gasteiger partial charge in [0.05, 0.1) is 0 Å². The fraction of sp³-hybridized carbons (Fsp3) is 0.176. The number of benzene rings is 1. The average molecular weight is 319 g/mol. The number of halogens is 1. The zero-order valence-corrected chi connectivity index (χ0v) is 13.2. The van der Waals surface area contributed by atoms with Gasteiger partial charge in [0.15, 0.2) is 0 Å². The van der Waals surface area contributed by atoms with E-state index in [0.717, 1.165) is 17.4 Å². The summed E-state index contributed by atoms with van der Waals surface area (Å²) in [6.07, 6.45) is 6.29. The fourth-order valence-corrected chi connectivity index (χ4v) is 1.63.